The number of methoxy groups -OCH3 is 1. The van der Waals surface area contributed by atoms with E-state index in [1.54, 1.807) is 7.11 Å². The molecule has 136 valence electrons. The minimum atomic E-state index is -3.66. The number of carbonyl (C=O) groups is 1. The highest BCUT2D eigenvalue weighted by molar-refractivity contribution is 7.90. The molecule has 0 aliphatic rings. The van der Waals surface area contributed by atoms with Gasteiger partial charge in [-0.05, 0) is 6.07 Å². The molecule has 0 saturated carbocycles. The van der Waals surface area contributed by atoms with Crippen molar-refractivity contribution in [2.24, 2.45) is 0 Å². The van der Waals surface area contributed by atoms with E-state index >= 15 is 0 Å². The fourth-order valence-corrected chi connectivity index (χ4v) is 2.38. The number of hydrogen-bond acceptors (Lipinski definition) is 7. The van der Waals surface area contributed by atoms with Gasteiger partial charge >= 0.3 is 0 Å². The first-order valence-electron chi connectivity index (χ1n) is 6.73. The zero-order valence-electron chi connectivity index (χ0n) is 13.3. The van der Waals surface area contributed by atoms with E-state index in [0.717, 1.165) is 24.5 Å². The standard InChI is InChI=1S/C13H19N3O6S.ClH/c1-22-6-5-14-3-4-15-13(17)10-7-11(16(18)19)9-12(8-10)23(2,20)21;/h7-9,14H,3-6H2,1-2H3,(H,15,17);1H. The summed E-state index contributed by atoms with van der Waals surface area (Å²) in [5.41, 5.74) is -0.521. The molecular formula is C13H20ClN3O6S. The number of benzene rings is 1. The lowest BCUT2D eigenvalue weighted by Gasteiger charge is -2.08. The second kappa shape index (κ2) is 10.2. The molecule has 1 aromatic carbocycles. The number of nitrogens with one attached hydrogen (secondary N) is 2. The Hall–Kier alpha value is -1.75. The summed E-state index contributed by atoms with van der Waals surface area (Å²) in [6, 6.07) is 3.09. The Morgan fingerprint density at radius 3 is 2.46 bits per heavy atom. The largest absolute Gasteiger partial charge is 0.383 e. The van der Waals surface area contributed by atoms with Gasteiger partial charge in [-0.2, -0.15) is 0 Å². The minimum absolute atomic E-state index is 0. The molecule has 1 rings (SSSR count). The van der Waals surface area contributed by atoms with Crippen LogP contribution in [-0.4, -0.2) is 58.9 Å². The molecule has 0 aromatic heterocycles. The maximum absolute atomic E-state index is 12.0. The molecule has 0 atom stereocenters. The fraction of sp³-hybridized carbons (Fsp3) is 0.462. The second-order valence-electron chi connectivity index (χ2n) is 4.74. The number of carbonyl (C=O) groups excluding carboxylic acids is 1. The Bertz CT molecular complexity index is 680. The Kier molecular flexibility index (Phi) is 9.44. The maximum Gasteiger partial charge on any atom is 0.271 e. The van der Waals surface area contributed by atoms with Crippen molar-refractivity contribution >= 4 is 33.8 Å². The lowest BCUT2D eigenvalue weighted by molar-refractivity contribution is -0.385. The van der Waals surface area contributed by atoms with Crippen LogP contribution >= 0.6 is 12.4 Å². The number of nitro groups is 1. The second-order valence-corrected chi connectivity index (χ2v) is 6.76. The van der Waals surface area contributed by atoms with Gasteiger partial charge in [0.05, 0.1) is 16.4 Å². The quantitative estimate of drug-likeness (QED) is 0.359. The zero-order chi connectivity index (χ0) is 17.5. The van der Waals surface area contributed by atoms with Crippen LogP contribution in [0.4, 0.5) is 5.69 Å². The van der Waals surface area contributed by atoms with Gasteiger partial charge < -0.3 is 15.4 Å². The van der Waals surface area contributed by atoms with Crippen LogP contribution in [0.1, 0.15) is 10.4 Å². The summed E-state index contributed by atoms with van der Waals surface area (Å²) in [5.74, 6) is -0.577. The molecule has 1 amide bonds. The van der Waals surface area contributed by atoms with Gasteiger partial charge in [-0.1, -0.05) is 0 Å². The Balaban J connectivity index is 0.00000529. The molecule has 2 N–H and O–H groups in total. The lowest BCUT2D eigenvalue weighted by Crippen LogP contribution is -2.33. The first kappa shape index (κ1) is 22.2. The summed E-state index contributed by atoms with van der Waals surface area (Å²) >= 11 is 0. The van der Waals surface area contributed by atoms with Crippen LogP contribution in [0.2, 0.25) is 0 Å². The molecule has 0 bridgehead atoms. The van der Waals surface area contributed by atoms with Crippen molar-refractivity contribution < 1.29 is 22.9 Å². The molecule has 0 fully saturated rings. The molecule has 0 heterocycles. The number of rotatable bonds is 9. The van der Waals surface area contributed by atoms with E-state index in [2.05, 4.69) is 10.6 Å². The molecule has 0 unspecified atom stereocenters. The van der Waals surface area contributed by atoms with E-state index in [1.807, 2.05) is 0 Å². The van der Waals surface area contributed by atoms with Crippen molar-refractivity contribution in [3.05, 3.63) is 33.9 Å². The molecule has 9 nitrogen and oxygen atoms in total. The van der Waals surface area contributed by atoms with Gasteiger partial charge in [0.2, 0.25) is 0 Å². The molecule has 1 aromatic rings. The Morgan fingerprint density at radius 1 is 1.25 bits per heavy atom. The highest BCUT2D eigenvalue weighted by atomic mass is 35.5. The number of halogens is 1. The molecule has 0 radical (unpaired) electrons. The van der Waals surface area contributed by atoms with Crippen molar-refractivity contribution in [1.82, 2.24) is 10.6 Å². The van der Waals surface area contributed by atoms with Crippen molar-refractivity contribution in [2.45, 2.75) is 4.90 Å². The third kappa shape index (κ3) is 7.21. The first-order valence-corrected chi connectivity index (χ1v) is 8.62. The topological polar surface area (TPSA) is 128 Å². The molecule has 0 spiro atoms. The van der Waals surface area contributed by atoms with Crippen LogP contribution in [0.3, 0.4) is 0 Å². The van der Waals surface area contributed by atoms with E-state index in [9.17, 15) is 23.3 Å². The monoisotopic (exact) mass is 381 g/mol. The minimum Gasteiger partial charge on any atom is -0.383 e. The van der Waals surface area contributed by atoms with E-state index in [1.165, 1.54) is 0 Å². The molecule has 0 saturated heterocycles. The number of ether oxygens (including phenoxy) is 1. The van der Waals surface area contributed by atoms with Gasteiger partial charge in [-0.15, -0.1) is 12.4 Å². The smallest absolute Gasteiger partial charge is 0.271 e. The fourth-order valence-electron chi connectivity index (χ4n) is 1.70. The van der Waals surface area contributed by atoms with Crippen molar-refractivity contribution in [2.75, 3.05) is 39.6 Å². The van der Waals surface area contributed by atoms with Crippen LogP contribution in [0.15, 0.2) is 23.1 Å². The van der Waals surface area contributed by atoms with Gasteiger partial charge in [0.25, 0.3) is 11.6 Å². The molecular weight excluding hydrogens is 362 g/mol. The lowest BCUT2D eigenvalue weighted by atomic mass is 10.2. The van der Waals surface area contributed by atoms with Crippen molar-refractivity contribution in [1.29, 1.82) is 0 Å². The van der Waals surface area contributed by atoms with Crippen LogP contribution in [0, 0.1) is 10.1 Å². The number of nitro benzene ring substituents is 1. The van der Waals surface area contributed by atoms with Crippen LogP contribution in [0.5, 0.6) is 0 Å². The summed E-state index contributed by atoms with van der Waals surface area (Å²) in [6.45, 7) is 1.94. The molecule has 11 heteroatoms. The van der Waals surface area contributed by atoms with Gasteiger partial charge in [-0.3, -0.25) is 14.9 Å². The molecule has 0 aliphatic heterocycles. The number of nitrogens with zero attached hydrogens (tertiary/aromatic N) is 1. The normalized spacial score (nSPS) is 10.8. The van der Waals surface area contributed by atoms with Gasteiger partial charge in [-0.25, -0.2) is 8.42 Å². The Labute approximate surface area is 146 Å². The van der Waals surface area contributed by atoms with E-state index < -0.39 is 26.4 Å². The van der Waals surface area contributed by atoms with E-state index in [0.29, 0.717) is 26.2 Å². The molecule has 0 aliphatic carbocycles. The van der Waals surface area contributed by atoms with Crippen LogP contribution in [0.25, 0.3) is 0 Å². The van der Waals surface area contributed by atoms with E-state index in [4.69, 9.17) is 4.74 Å². The predicted molar refractivity (Wildman–Crippen MR) is 90.5 cm³/mol. The van der Waals surface area contributed by atoms with Gasteiger partial charge in [0, 0.05) is 50.7 Å². The maximum atomic E-state index is 12.0. The third-order valence-electron chi connectivity index (χ3n) is 2.86. The van der Waals surface area contributed by atoms with Crippen LogP contribution in [-0.2, 0) is 14.6 Å². The average Bonchev–Trinajstić information content (AvgIpc) is 2.49. The summed E-state index contributed by atoms with van der Waals surface area (Å²) in [4.78, 5) is 21.9. The zero-order valence-corrected chi connectivity index (χ0v) is 14.9. The highest BCUT2D eigenvalue weighted by Gasteiger charge is 2.18. The van der Waals surface area contributed by atoms with Crippen molar-refractivity contribution in [3.63, 3.8) is 0 Å². The summed E-state index contributed by atoms with van der Waals surface area (Å²) in [6.07, 6.45) is 0.924. The molecule has 24 heavy (non-hydrogen) atoms. The number of sulfone groups is 1. The van der Waals surface area contributed by atoms with Gasteiger partial charge in [0.15, 0.2) is 9.84 Å². The average molecular weight is 382 g/mol. The van der Waals surface area contributed by atoms with E-state index in [-0.39, 0.29) is 22.9 Å². The number of hydrogen-bond donors (Lipinski definition) is 2. The number of non-ortho nitro benzene ring substituents is 1. The predicted octanol–water partition coefficient (Wildman–Crippen LogP) is 0.386. The van der Waals surface area contributed by atoms with Crippen LogP contribution < -0.4 is 10.6 Å². The van der Waals surface area contributed by atoms with Gasteiger partial charge in [0.1, 0.15) is 0 Å². The highest BCUT2D eigenvalue weighted by Crippen LogP contribution is 2.20. The Morgan fingerprint density at radius 2 is 1.92 bits per heavy atom. The third-order valence-corrected chi connectivity index (χ3v) is 3.95. The van der Waals surface area contributed by atoms with Crippen molar-refractivity contribution in [3.8, 4) is 0 Å². The number of amides is 1. The first-order chi connectivity index (χ1) is 10.8. The summed E-state index contributed by atoms with van der Waals surface area (Å²) in [7, 11) is -2.09. The summed E-state index contributed by atoms with van der Waals surface area (Å²) in [5, 5.41) is 16.4. The SMILES string of the molecule is COCCNCCNC(=O)c1cc([N+](=O)[O-])cc(S(C)(=O)=O)c1.Cl. The summed E-state index contributed by atoms with van der Waals surface area (Å²) < 4.78 is 28.0.